The first kappa shape index (κ1) is 27.8. The average Bonchev–Trinajstić information content (AvgIpc) is 2.97. The molecule has 4 fully saturated rings. The number of nitrogens with zero attached hydrogens (tertiary/aromatic N) is 4. The van der Waals surface area contributed by atoms with Gasteiger partial charge in [0.1, 0.15) is 23.2 Å². The molecule has 7 rings (SSSR count). The predicted octanol–water partition coefficient (Wildman–Crippen LogP) is 5.29. The van der Waals surface area contributed by atoms with Crippen molar-refractivity contribution in [1.29, 1.82) is 5.26 Å². The maximum atomic E-state index is 12.9. The Balaban J connectivity index is 1.12. The van der Waals surface area contributed by atoms with Gasteiger partial charge in [-0.2, -0.15) is 10.2 Å². The van der Waals surface area contributed by atoms with E-state index in [1.54, 1.807) is 30.6 Å². The van der Waals surface area contributed by atoms with Crippen LogP contribution in [-0.2, 0) is 6.54 Å². The predicted molar refractivity (Wildman–Crippen MR) is 147 cm³/mol. The van der Waals surface area contributed by atoms with Crippen LogP contribution in [0.3, 0.4) is 0 Å². The second kappa shape index (κ2) is 11.1. The monoisotopic (exact) mass is 577 g/mol. The summed E-state index contributed by atoms with van der Waals surface area (Å²) in [6.07, 6.45) is 5.06. The second-order valence-electron chi connectivity index (χ2n) is 11.6. The van der Waals surface area contributed by atoms with Crippen molar-refractivity contribution in [3.8, 4) is 11.8 Å². The van der Waals surface area contributed by atoms with Crippen LogP contribution < -0.4 is 20.7 Å². The number of pyridine rings is 1. The fraction of sp³-hybridized carbons (Fsp3) is 0.433. The summed E-state index contributed by atoms with van der Waals surface area (Å²) in [7, 11) is 0. The third kappa shape index (κ3) is 5.95. The molecule has 3 N–H and O–H groups in total. The van der Waals surface area contributed by atoms with E-state index < -0.39 is 6.36 Å². The molecule has 3 aromatic rings. The molecule has 218 valence electrons. The number of alkyl halides is 3. The van der Waals surface area contributed by atoms with Crippen molar-refractivity contribution in [3.63, 3.8) is 0 Å². The van der Waals surface area contributed by atoms with Crippen molar-refractivity contribution in [3.05, 3.63) is 71.7 Å². The highest BCUT2D eigenvalue weighted by atomic mass is 19.4. The number of benzene rings is 1. The molecule has 4 aliphatic rings. The highest BCUT2D eigenvalue weighted by molar-refractivity contribution is 5.94. The van der Waals surface area contributed by atoms with Gasteiger partial charge in [0, 0.05) is 37.1 Å². The number of ether oxygens (including phenoxy) is 1. The summed E-state index contributed by atoms with van der Waals surface area (Å²) in [5.74, 6) is 1.55. The number of para-hydroxylation sites is 1. The second-order valence-corrected chi connectivity index (χ2v) is 11.6. The quantitative estimate of drug-likeness (QED) is 0.313. The Labute approximate surface area is 240 Å². The third-order valence-electron chi connectivity index (χ3n) is 8.80. The molecule has 2 heterocycles. The Morgan fingerprint density at radius 3 is 2.57 bits per heavy atom. The van der Waals surface area contributed by atoms with Crippen LogP contribution in [0.4, 0.5) is 24.9 Å². The van der Waals surface area contributed by atoms with E-state index >= 15 is 0 Å². The number of aromatic nitrogens is 3. The van der Waals surface area contributed by atoms with E-state index in [0.29, 0.717) is 35.7 Å². The van der Waals surface area contributed by atoms with E-state index in [0.717, 1.165) is 32.1 Å². The van der Waals surface area contributed by atoms with Crippen LogP contribution >= 0.6 is 0 Å². The van der Waals surface area contributed by atoms with Gasteiger partial charge in [-0.05, 0) is 73.5 Å². The number of hydrogen-bond acceptors (Lipinski definition) is 8. The number of carbonyl (C=O) groups is 1. The molecule has 0 aliphatic heterocycles. The minimum atomic E-state index is -4.81. The first-order valence-corrected chi connectivity index (χ1v) is 14.0. The fourth-order valence-corrected chi connectivity index (χ4v) is 7.38. The zero-order valence-corrected chi connectivity index (χ0v) is 22.7. The first-order chi connectivity index (χ1) is 20.2. The summed E-state index contributed by atoms with van der Waals surface area (Å²) < 4.78 is 42.5. The molecule has 9 nitrogen and oxygen atoms in total. The molecule has 3 unspecified atom stereocenters. The van der Waals surface area contributed by atoms with Gasteiger partial charge in [0.25, 0.3) is 5.91 Å². The van der Waals surface area contributed by atoms with Gasteiger partial charge in [0.05, 0.1) is 11.8 Å². The Morgan fingerprint density at radius 1 is 1.07 bits per heavy atom. The fourth-order valence-electron chi connectivity index (χ4n) is 7.38. The smallest absolute Gasteiger partial charge is 0.405 e. The first-order valence-electron chi connectivity index (χ1n) is 14.0. The lowest BCUT2D eigenvalue weighted by molar-refractivity contribution is -0.274. The maximum absolute atomic E-state index is 12.9. The van der Waals surface area contributed by atoms with Crippen molar-refractivity contribution in [2.45, 2.75) is 51.1 Å². The van der Waals surface area contributed by atoms with Crippen LogP contribution in [0.15, 0.2) is 55.0 Å². The number of nitriles is 1. The van der Waals surface area contributed by atoms with E-state index in [2.05, 4.69) is 41.7 Å². The zero-order chi connectivity index (χ0) is 29.3. The molecule has 42 heavy (non-hydrogen) atoms. The van der Waals surface area contributed by atoms with Crippen molar-refractivity contribution >= 4 is 17.7 Å². The Bertz CT molecular complexity index is 1480. The highest BCUT2D eigenvalue weighted by Crippen LogP contribution is 2.60. The Morgan fingerprint density at radius 2 is 1.86 bits per heavy atom. The van der Waals surface area contributed by atoms with Gasteiger partial charge >= 0.3 is 6.36 Å². The van der Waals surface area contributed by atoms with Crippen LogP contribution in [0.2, 0.25) is 0 Å². The lowest BCUT2D eigenvalue weighted by atomic mass is 9.48. The molecule has 12 heteroatoms. The van der Waals surface area contributed by atoms with Crippen LogP contribution in [0.1, 0.15) is 53.6 Å². The SMILES string of the molecule is N#Cc1cnc(NCc2ccccc2OC(F)(F)F)nc1NCC12CC3C[C@H](C1)C(NC(=O)c1cccnc1)[C@@H](C3)C2. The zero-order valence-electron chi connectivity index (χ0n) is 22.7. The van der Waals surface area contributed by atoms with E-state index in [9.17, 15) is 23.2 Å². The minimum Gasteiger partial charge on any atom is -0.405 e. The van der Waals surface area contributed by atoms with Crippen LogP contribution in [0.25, 0.3) is 0 Å². The number of rotatable bonds is 9. The number of halogens is 3. The maximum Gasteiger partial charge on any atom is 0.573 e. The lowest BCUT2D eigenvalue weighted by Gasteiger charge is -2.60. The molecule has 0 saturated heterocycles. The summed E-state index contributed by atoms with van der Waals surface area (Å²) in [5.41, 5.74) is 1.17. The van der Waals surface area contributed by atoms with Crippen LogP contribution in [-0.4, -0.2) is 39.8 Å². The molecule has 0 spiro atoms. The number of carbonyl (C=O) groups excluding carboxylic acids is 1. The summed E-state index contributed by atoms with van der Waals surface area (Å²) in [6.45, 7) is 0.631. The van der Waals surface area contributed by atoms with Gasteiger partial charge in [-0.3, -0.25) is 9.78 Å². The molecule has 1 amide bonds. The van der Waals surface area contributed by atoms with Gasteiger partial charge in [-0.1, -0.05) is 18.2 Å². The van der Waals surface area contributed by atoms with Crippen molar-refractivity contribution in [2.24, 2.45) is 23.2 Å². The molecule has 2 aromatic heterocycles. The molecule has 4 aliphatic carbocycles. The standard InChI is InChI=1S/C30H30F3N7O2/c31-30(32,33)42-24-6-2-1-4-19(24)15-36-28-37-16-23(13-34)26(40-28)38-17-29-10-18-8-21(11-29)25(22(9-18)12-29)39-27(41)20-5-3-7-35-14-20/h1-7,14,16,18,21-22,25H,8-12,15,17H2,(H,39,41)(H2,36,37,38,40)/t18?,21-,22+,25?,29?. The van der Waals surface area contributed by atoms with E-state index in [1.807, 2.05) is 0 Å². The number of nitrogens with one attached hydrogen (secondary N) is 3. The topological polar surface area (TPSA) is 125 Å². The number of hydrogen-bond donors (Lipinski definition) is 3. The average molecular weight is 578 g/mol. The van der Waals surface area contributed by atoms with Gasteiger partial charge in [0.15, 0.2) is 0 Å². The summed E-state index contributed by atoms with van der Waals surface area (Å²) in [4.78, 5) is 25.6. The molecule has 1 aromatic carbocycles. The van der Waals surface area contributed by atoms with E-state index in [4.69, 9.17) is 0 Å². The molecular weight excluding hydrogens is 547 g/mol. The number of anilines is 2. The minimum absolute atomic E-state index is 0.00127. The van der Waals surface area contributed by atoms with Gasteiger partial charge < -0.3 is 20.7 Å². The normalized spacial score (nSPS) is 25.9. The Hall–Kier alpha value is -4.40. The molecule has 5 atom stereocenters. The van der Waals surface area contributed by atoms with Crippen molar-refractivity contribution < 1.29 is 22.7 Å². The van der Waals surface area contributed by atoms with Gasteiger partial charge in [-0.15, -0.1) is 13.2 Å². The molecular formula is C30H30F3N7O2. The molecule has 0 radical (unpaired) electrons. The Kier molecular flexibility index (Phi) is 7.35. The van der Waals surface area contributed by atoms with Crippen LogP contribution in [0, 0.1) is 34.5 Å². The summed E-state index contributed by atoms with van der Waals surface area (Å²) in [6, 6.07) is 11.6. The third-order valence-corrected chi connectivity index (χ3v) is 8.80. The van der Waals surface area contributed by atoms with Gasteiger partial charge in [-0.25, -0.2) is 4.98 Å². The van der Waals surface area contributed by atoms with E-state index in [-0.39, 0.29) is 46.7 Å². The van der Waals surface area contributed by atoms with E-state index in [1.165, 1.54) is 24.4 Å². The largest absolute Gasteiger partial charge is 0.573 e. The van der Waals surface area contributed by atoms with Crippen molar-refractivity contribution in [2.75, 3.05) is 17.2 Å². The highest BCUT2D eigenvalue weighted by Gasteiger charge is 2.55. The molecule has 4 saturated carbocycles. The van der Waals surface area contributed by atoms with Crippen LogP contribution in [0.5, 0.6) is 5.75 Å². The summed E-state index contributed by atoms with van der Waals surface area (Å²) >= 11 is 0. The van der Waals surface area contributed by atoms with Crippen molar-refractivity contribution in [1.82, 2.24) is 20.3 Å². The lowest BCUT2D eigenvalue weighted by Crippen LogP contribution is -2.60. The summed E-state index contributed by atoms with van der Waals surface area (Å²) in [5, 5.41) is 19.3. The number of amides is 1. The molecule has 4 bridgehead atoms. The van der Waals surface area contributed by atoms with Gasteiger partial charge in [0.2, 0.25) is 5.95 Å².